The maximum atomic E-state index is 12.2. The van der Waals surface area contributed by atoms with Crippen LogP contribution < -0.4 is 10.6 Å². The first kappa shape index (κ1) is 18.3. The van der Waals surface area contributed by atoms with Crippen molar-refractivity contribution in [2.24, 2.45) is 11.8 Å². The Balaban J connectivity index is 1.42. The molecule has 0 bridgehead atoms. The number of thioether (sulfide) groups is 1. The van der Waals surface area contributed by atoms with Crippen LogP contribution in [0.2, 0.25) is 0 Å². The van der Waals surface area contributed by atoms with E-state index in [-0.39, 0.29) is 23.9 Å². The average molecular weight is 361 g/mol. The van der Waals surface area contributed by atoms with Crippen LogP contribution in [0.25, 0.3) is 0 Å². The van der Waals surface area contributed by atoms with Crippen LogP contribution in [0.5, 0.6) is 0 Å². The number of rotatable bonds is 6. The zero-order chi connectivity index (χ0) is 17.6. The number of hydrogen-bond acceptors (Lipinski definition) is 3. The van der Waals surface area contributed by atoms with Crippen LogP contribution >= 0.6 is 11.8 Å². The van der Waals surface area contributed by atoms with Crippen LogP contribution in [0.3, 0.4) is 0 Å². The van der Waals surface area contributed by atoms with Crippen molar-refractivity contribution in [3.8, 4) is 0 Å². The third-order valence-electron chi connectivity index (χ3n) is 5.54. The highest BCUT2D eigenvalue weighted by Gasteiger charge is 2.40. The van der Waals surface area contributed by atoms with Gasteiger partial charge in [-0.15, -0.1) is 11.8 Å². The van der Waals surface area contributed by atoms with Crippen LogP contribution in [0.4, 0.5) is 0 Å². The maximum Gasteiger partial charge on any atom is 0.230 e. The SMILES string of the molecule is CCC1CC(=O)NC2CC(NC(=O)CSCc3ccccc3)CCC12. The third-order valence-corrected chi connectivity index (χ3v) is 6.54. The van der Waals surface area contributed by atoms with Crippen LogP contribution in [0.1, 0.15) is 44.6 Å². The molecule has 1 aliphatic carbocycles. The average Bonchev–Trinajstić information content (AvgIpc) is 2.61. The van der Waals surface area contributed by atoms with Crippen molar-refractivity contribution in [1.29, 1.82) is 0 Å². The van der Waals surface area contributed by atoms with Crippen molar-refractivity contribution >= 4 is 23.6 Å². The molecule has 1 saturated heterocycles. The lowest BCUT2D eigenvalue weighted by Gasteiger charge is -2.44. The van der Waals surface area contributed by atoms with Crippen LogP contribution in [-0.4, -0.2) is 29.7 Å². The van der Waals surface area contributed by atoms with E-state index in [0.29, 0.717) is 24.0 Å². The molecule has 4 unspecified atom stereocenters. The van der Waals surface area contributed by atoms with E-state index < -0.39 is 0 Å². The number of nitrogens with one attached hydrogen (secondary N) is 2. The van der Waals surface area contributed by atoms with Crippen molar-refractivity contribution in [2.75, 3.05) is 5.75 Å². The maximum absolute atomic E-state index is 12.2. The van der Waals surface area contributed by atoms with E-state index in [4.69, 9.17) is 0 Å². The lowest BCUT2D eigenvalue weighted by Crippen LogP contribution is -2.55. The largest absolute Gasteiger partial charge is 0.353 e. The summed E-state index contributed by atoms with van der Waals surface area (Å²) in [6.45, 7) is 2.18. The van der Waals surface area contributed by atoms with Gasteiger partial charge in [-0.25, -0.2) is 0 Å². The lowest BCUT2D eigenvalue weighted by molar-refractivity contribution is -0.127. The molecule has 3 rings (SSSR count). The number of hydrogen-bond donors (Lipinski definition) is 2. The summed E-state index contributed by atoms with van der Waals surface area (Å²) in [7, 11) is 0. The van der Waals surface area contributed by atoms with E-state index in [0.717, 1.165) is 31.4 Å². The molecule has 2 fully saturated rings. The Bertz CT molecular complexity index is 593. The molecule has 0 radical (unpaired) electrons. The second-order valence-corrected chi connectivity index (χ2v) is 8.25. The summed E-state index contributed by atoms with van der Waals surface area (Å²) in [6, 6.07) is 10.7. The fourth-order valence-electron chi connectivity index (χ4n) is 4.26. The summed E-state index contributed by atoms with van der Waals surface area (Å²) >= 11 is 1.65. The molecule has 2 aliphatic rings. The molecule has 4 atom stereocenters. The van der Waals surface area contributed by atoms with Crippen molar-refractivity contribution in [1.82, 2.24) is 10.6 Å². The summed E-state index contributed by atoms with van der Waals surface area (Å²) in [5, 5.41) is 6.33. The molecule has 136 valence electrons. The molecule has 4 nitrogen and oxygen atoms in total. The second-order valence-electron chi connectivity index (χ2n) is 7.27. The van der Waals surface area contributed by atoms with Crippen molar-refractivity contribution in [2.45, 2.75) is 56.9 Å². The summed E-state index contributed by atoms with van der Waals surface area (Å²) in [4.78, 5) is 24.1. The van der Waals surface area contributed by atoms with E-state index >= 15 is 0 Å². The number of benzene rings is 1. The van der Waals surface area contributed by atoms with Gasteiger partial charge >= 0.3 is 0 Å². The highest BCUT2D eigenvalue weighted by Crippen LogP contribution is 2.36. The minimum Gasteiger partial charge on any atom is -0.353 e. The number of piperidine rings is 1. The van der Waals surface area contributed by atoms with Crippen LogP contribution in [0.15, 0.2) is 30.3 Å². The fourth-order valence-corrected chi connectivity index (χ4v) is 5.06. The van der Waals surface area contributed by atoms with Crippen LogP contribution in [0, 0.1) is 11.8 Å². The van der Waals surface area contributed by atoms with Gasteiger partial charge in [0.15, 0.2) is 0 Å². The Morgan fingerprint density at radius 3 is 2.84 bits per heavy atom. The van der Waals surface area contributed by atoms with Crippen molar-refractivity contribution in [3.63, 3.8) is 0 Å². The summed E-state index contributed by atoms with van der Waals surface area (Å²) < 4.78 is 0. The van der Waals surface area contributed by atoms with E-state index in [2.05, 4.69) is 29.7 Å². The van der Waals surface area contributed by atoms with Gasteiger partial charge in [0.25, 0.3) is 0 Å². The molecule has 2 amide bonds. The number of carbonyl (C=O) groups is 2. The zero-order valence-corrected chi connectivity index (χ0v) is 15.7. The summed E-state index contributed by atoms with van der Waals surface area (Å²) in [6.07, 6.45) is 4.75. The molecular weight excluding hydrogens is 332 g/mol. The standard InChI is InChI=1S/C20H28N2O2S/c1-2-15-10-19(23)22-18-11-16(8-9-17(15)18)21-20(24)13-25-12-14-6-4-3-5-7-14/h3-7,15-18H,2,8-13H2,1H3,(H,21,24)(H,22,23). The van der Waals surface area contributed by atoms with E-state index in [1.807, 2.05) is 18.2 Å². The molecule has 1 aromatic carbocycles. The first-order chi connectivity index (χ1) is 12.2. The van der Waals surface area contributed by atoms with Crippen molar-refractivity contribution < 1.29 is 9.59 Å². The van der Waals surface area contributed by atoms with Gasteiger partial charge in [-0.3, -0.25) is 9.59 Å². The molecule has 2 N–H and O–H groups in total. The topological polar surface area (TPSA) is 58.2 Å². The van der Waals surface area contributed by atoms with Crippen LogP contribution in [-0.2, 0) is 15.3 Å². The Morgan fingerprint density at radius 1 is 1.28 bits per heavy atom. The number of fused-ring (bicyclic) bond motifs is 1. The Hall–Kier alpha value is -1.49. The molecule has 1 saturated carbocycles. The monoisotopic (exact) mass is 360 g/mol. The highest BCUT2D eigenvalue weighted by molar-refractivity contribution is 7.99. The first-order valence-electron chi connectivity index (χ1n) is 9.36. The van der Waals surface area contributed by atoms with Gasteiger partial charge < -0.3 is 10.6 Å². The molecule has 1 aliphatic heterocycles. The number of amides is 2. The highest BCUT2D eigenvalue weighted by atomic mass is 32.2. The molecule has 0 aromatic heterocycles. The smallest absolute Gasteiger partial charge is 0.230 e. The van der Waals surface area contributed by atoms with Gasteiger partial charge in [0.1, 0.15) is 0 Å². The third kappa shape index (κ3) is 5.00. The van der Waals surface area contributed by atoms with Gasteiger partial charge in [0, 0.05) is 24.3 Å². The summed E-state index contributed by atoms with van der Waals surface area (Å²) in [5.74, 6) is 2.73. The molecule has 25 heavy (non-hydrogen) atoms. The van der Waals surface area contributed by atoms with Gasteiger partial charge in [0.2, 0.25) is 11.8 Å². The van der Waals surface area contributed by atoms with Gasteiger partial charge in [-0.1, -0.05) is 43.7 Å². The molecule has 1 aromatic rings. The van der Waals surface area contributed by atoms with Gasteiger partial charge in [-0.05, 0) is 36.7 Å². The van der Waals surface area contributed by atoms with Gasteiger partial charge in [-0.2, -0.15) is 0 Å². The Kier molecular flexibility index (Phi) is 6.40. The predicted molar refractivity (Wildman–Crippen MR) is 102 cm³/mol. The predicted octanol–water partition coefficient (Wildman–Crippen LogP) is 3.12. The molecular formula is C20H28N2O2S. The summed E-state index contributed by atoms with van der Waals surface area (Å²) in [5.41, 5.74) is 1.25. The second kappa shape index (κ2) is 8.75. The normalized spacial score (nSPS) is 28.8. The van der Waals surface area contributed by atoms with Gasteiger partial charge in [0.05, 0.1) is 5.75 Å². The van der Waals surface area contributed by atoms with E-state index in [1.54, 1.807) is 11.8 Å². The Labute approximate surface area is 154 Å². The van der Waals surface area contributed by atoms with Crippen molar-refractivity contribution in [3.05, 3.63) is 35.9 Å². The minimum absolute atomic E-state index is 0.110. The number of carbonyl (C=O) groups excluding carboxylic acids is 2. The lowest BCUT2D eigenvalue weighted by atomic mass is 9.70. The first-order valence-corrected chi connectivity index (χ1v) is 10.5. The Morgan fingerprint density at radius 2 is 2.08 bits per heavy atom. The van der Waals surface area contributed by atoms with E-state index in [9.17, 15) is 9.59 Å². The zero-order valence-electron chi connectivity index (χ0n) is 14.9. The van der Waals surface area contributed by atoms with E-state index in [1.165, 1.54) is 5.56 Å². The fraction of sp³-hybridized carbons (Fsp3) is 0.600. The molecule has 0 spiro atoms. The molecule has 1 heterocycles. The minimum atomic E-state index is 0.110. The quantitative estimate of drug-likeness (QED) is 0.819. The molecule has 5 heteroatoms.